The number of carbonyl (C=O) groups is 1. The highest BCUT2D eigenvalue weighted by atomic mass is 16.5. The van der Waals surface area contributed by atoms with E-state index in [-0.39, 0.29) is 5.75 Å². The third-order valence-electron chi connectivity index (χ3n) is 2.10. The summed E-state index contributed by atoms with van der Waals surface area (Å²) in [6, 6.07) is 3.08. The second-order valence-corrected chi connectivity index (χ2v) is 3.05. The van der Waals surface area contributed by atoms with Gasteiger partial charge in [0.25, 0.3) is 0 Å². The molecule has 14 heavy (non-hydrogen) atoms. The lowest BCUT2D eigenvalue weighted by Gasteiger charge is -2.11. The van der Waals surface area contributed by atoms with Crippen molar-refractivity contribution in [2.45, 2.75) is 19.8 Å². The third-order valence-corrected chi connectivity index (χ3v) is 2.10. The molecule has 3 heteroatoms. The summed E-state index contributed by atoms with van der Waals surface area (Å²) in [6.45, 7) is 2.01. The van der Waals surface area contributed by atoms with Gasteiger partial charge < -0.3 is 9.84 Å². The summed E-state index contributed by atoms with van der Waals surface area (Å²) in [6.07, 6.45) is 2.33. The number of aromatic hydroxyl groups is 1. The Labute approximate surface area is 83.3 Å². The Balaban J connectivity index is 3.26. The topological polar surface area (TPSA) is 46.5 Å². The number of ether oxygens (including phenoxy) is 1. The first-order valence-corrected chi connectivity index (χ1v) is 4.58. The number of carbonyl (C=O) groups excluding carboxylic acids is 1. The van der Waals surface area contributed by atoms with Gasteiger partial charge in [0.05, 0.1) is 12.7 Å². The van der Waals surface area contributed by atoms with Crippen molar-refractivity contribution in [3.8, 4) is 11.5 Å². The SMILES string of the molecule is CCCc1c(O)ccc(C=O)c1OC. The first-order chi connectivity index (χ1) is 6.74. The number of hydrogen-bond acceptors (Lipinski definition) is 3. The van der Waals surface area contributed by atoms with E-state index in [0.29, 0.717) is 23.3 Å². The van der Waals surface area contributed by atoms with Crippen LogP contribution < -0.4 is 4.74 Å². The van der Waals surface area contributed by atoms with Crippen LogP contribution in [-0.2, 0) is 6.42 Å². The van der Waals surface area contributed by atoms with Crippen LogP contribution in [0, 0.1) is 0 Å². The Kier molecular flexibility index (Phi) is 3.51. The van der Waals surface area contributed by atoms with Crippen molar-refractivity contribution in [1.29, 1.82) is 0 Å². The minimum Gasteiger partial charge on any atom is -0.508 e. The van der Waals surface area contributed by atoms with E-state index in [1.807, 2.05) is 6.92 Å². The lowest BCUT2D eigenvalue weighted by molar-refractivity contribution is 0.112. The minimum absolute atomic E-state index is 0.189. The van der Waals surface area contributed by atoms with E-state index in [2.05, 4.69) is 0 Å². The molecule has 0 aliphatic carbocycles. The molecular formula is C11H14O3. The number of rotatable bonds is 4. The predicted octanol–water partition coefficient (Wildman–Crippen LogP) is 2.17. The second-order valence-electron chi connectivity index (χ2n) is 3.05. The van der Waals surface area contributed by atoms with E-state index in [1.54, 1.807) is 6.07 Å². The van der Waals surface area contributed by atoms with Crippen LogP contribution in [0.3, 0.4) is 0 Å². The normalized spacial score (nSPS) is 9.86. The van der Waals surface area contributed by atoms with E-state index < -0.39 is 0 Å². The van der Waals surface area contributed by atoms with Gasteiger partial charge in [-0.25, -0.2) is 0 Å². The molecule has 0 aromatic heterocycles. The maximum atomic E-state index is 10.7. The molecule has 0 amide bonds. The largest absolute Gasteiger partial charge is 0.508 e. The van der Waals surface area contributed by atoms with Crippen LogP contribution in [0.15, 0.2) is 12.1 Å². The van der Waals surface area contributed by atoms with Crippen molar-refractivity contribution in [3.05, 3.63) is 23.3 Å². The zero-order valence-electron chi connectivity index (χ0n) is 8.41. The van der Waals surface area contributed by atoms with Crippen LogP contribution in [0.25, 0.3) is 0 Å². The van der Waals surface area contributed by atoms with E-state index in [4.69, 9.17) is 4.74 Å². The molecule has 0 saturated heterocycles. The van der Waals surface area contributed by atoms with Gasteiger partial charge in [-0.3, -0.25) is 4.79 Å². The molecule has 0 heterocycles. The molecule has 1 aromatic rings. The Hall–Kier alpha value is -1.51. The van der Waals surface area contributed by atoms with Gasteiger partial charge in [-0.15, -0.1) is 0 Å². The van der Waals surface area contributed by atoms with Gasteiger partial charge in [0, 0.05) is 5.56 Å². The predicted molar refractivity (Wildman–Crippen MR) is 54.0 cm³/mol. The zero-order chi connectivity index (χ0) is 10.6. The number of benzene rings is 1. The number of phenols is 1. The standard InChI is InChI=1S/C11H14O3/c1-3-4-9-10(13)6-5-8(7-12)11(9)14-2/h5-7,13H,3-4H2,1-2H3. The first-order valence-electron chi connectivity index (χ1n) is 4.58. The molecule has 1 aromatic carbocycles. The molecule has 0 atom stereocenters. The highest BCUT2D eigenvalue weighted by molar-refractivity contribution is 5.81. The smallest absolute Gasteiger partial charge is 0.153 e. The molecule has 0 aliphatic rings. The molecule has 0 aliphatic heterocycles. The fourth-order valence-electron chi connectivity index (χ4n) is 1.46. The van der Waals surface area contributed by atoms with Crippen molar-refractivity contribution in [1.82, 2.24) is 0 Å². The molecule has 3 nitrogen and oxygen atoms in total. The molecule has 0 spiro atoms. The summed E-state index contributed by atoms with van der Waals surface area (Å²) in [7, 11) is 1.50. The molecular weight excluding hydrogens is 180 g/mol. The lowest BCUT2D eigenvalue weighted by Crippen LogP contribution is -1.97. The fourth-order valence-corrected chi connectivity index (χ4v) is 1.46. The number of methoxy groups -OCH3 is 1. The molecule has 0 saturated carbocycles. The monoisotopic (exact) mass is 194 g/mol. The quantitative estimate of drug-likeness (QED) is 0.747. The van der Waals surface area contributed by atoms with Gasteiger partial charge >= 0.3 is 0 Å². The highest BCUT2D eigenvalue weighted by Crippen LogP contribution is 2.31. The van der Waals surface area contributed by atoms with Crippen molar-refractivity contribution in [2.75, 3.05) is 7.11 Å². The van der Waals surface area contributed by atoms with Crippen molar-refractivity contribution < 1.29 is 14.6 Å². The van der Waals surface area contributed by atoms with Gasteiger partial charge in [0.2, 0.25) is 0 Å². The molecule has 76 valence electrons. The Morgan fingerprint density at radius 1 is 1.50 bits per heavy atom. The molecule has 1 N–H and O–H groups in total. The van der Waals surface area contributed by atoms with E-state index >= 15 is 0 Å². The molecule has 1 rings (SSSR count). The summed E-state index contributed by atoms with van der Waals surface area (Å²) in [5, 5.41) is 9.58. The molecule has 0 fully saturated rings. The van der Waals surface area contributed by atoms with Gasteiger partial charge in [-0.05, 0) is 18.6 Å². The summed E-state index contributed by atoms with van der Waals surface area (Å²) in [5.74, 6) is 0.677. The van der Waals surface area contributed by atoms with Crippen LogP contribution >= 0.6 is 0 Å². The lowest BCUT2D eigenvalue weighted by atomic mass is 10.0. The highest BCUT2D eigenvalue weighted by Gasteiger charge is 2.12. The summed E-state index contributed by atoms with van der Waals surface area (Å²) >= 11 is 0. The maximum Gasteiger partial charge on any atom is 0.153 e. The number of phenolic OH excluding ortho intramolecular Hbond substituents is 1. The van der Waals surface area contributed by atoms with Crippen LogP contribution in [0.5, 0.6) is 11.5 Å². The van der Waals surface area contributed by atoms with Gasteiger partial charge in [-0.2, -0.15) is 0 Å². The Bertz CT molecular complexity index is 332. The first kappa shape index (κ1) is 10.6. The average molecular weight is 194 g/mol. The average Bonchev–Trinajstić information content (AvgIpc) is 2.21. The molecule has 0 unspecified atom stereocenters. The number of aldehydes is 1. The van der Waals surface area contributed by atoms with Gasteiger partial charge in [0.15, 0.2) is 6.29 Å². The summed E-state index contributed by atoms with van der Waals surface area (Å²) < 4.78 is 5.11. The Morgan fingerprint density at radius 3 is 2.71 bits per heavy atom. The van der Waals surface area contributed by atoms with Crippen molar-refractivity contribution >= 4 is 6.29 Å². The Morgan fingerprint density at radius 2 is 2.21 bits per heavy atom. The van der Waals surface area contributed by atoms with E-state index in [0.717, 1.165) is 12.7 Å². The zero-order valence-corrected chi connectivity index (χ0v) is 8.41. The van der Waals surface area contributed by atoms with Gasteiger partial charge in [-0.1, -0.05) is 13.3 Å². The summed E-state index contributed by atoms with van der Waals surface area (Å²) in [5.41, 5.74) is 1.19. The van der Waals surface area contributed by atoms with E-state index in [1.165, 1.54) is 13.2 Å². The molecule has 0 bridgehead atoms. The van der Waals surface area contributed by atoms with Crippen LogP contribution in [0.4, 0.5) is 0 Å². The van der Waals surface area contributed by atoms with Crippen molar-refractivity contribution in [3.63, 3.8) is 0 Å². The fraction of sp³-hybridized carbons (Fsp3) is 0.364. The van der Waals surface area contributed by atoms with Crippen LogP contribution in [0.1, 0.15) is 29.3 Å². The summed E-state index contributed by atoms with van der Waals surface area (Å²) in [4.78, 5) is 10.7. The van der Waals surface area contributed by atoms with Crippen LogP contribution in [0.2, 0.25) is 0 Å². The minimum atomic E-state index is 0.189. The van der Waals surface area contributed by atoms with Crippen molar-refractivity contribution in [2.24, 2.45) is 0 Å². The number of hydrogen-bond donors (Lipinski definition) is 1. The second kappa shape index (κ2) is 4.65. The molecule has 0 radical (unpaired) electrons. The van der Waals surface area contributed by atoms with E-state index in [9.17, 15) is 9.90 Å². The third kappa shape index (κ3) is 1.87. The van der Waals surface area contributed by atoms with Gasteiger partial charge in [0.1, 0.15) is 11.5 Å². The maximum absolute atomic E-state index is 10.7. The van der Waals surface area contributed by atoms with Crippen LogP contribution in [-0.4, -0.2) is 18.5 Å².